The highest BCUT2D eigenvalue weighted by atomic mass is 16.3. The maximum atomic E-state index is 10.8. The van der Waals surface area contributed by atoms with Crippen LogP contribution in [0.4, 0.5) is 0 Å². The molecule has 0 fully saturated rings. The fourth-order valence-corrected chi connectivity index (χ4v) is 1.08. The largest absolute Gasteiger partial charge is 0.869 e. The van der Waals surface area contributed by atoms with E-state index in [1.165, 1.54) is 0 Å². The molecule has 1 aromatic carbocycles. The Morgan fingerprint density at radius 2 is 2.08 bits per heavy atom. The van der Waals surface area contributed by atoms with Crippen LogP contribution in [-0.4, -0.2) is 0 Å². The molecule has 1 aromatic rings. The lowest BCUT2D eigenvalue weighted by Gasteiger charge is -2.16. The van der Waals surface area contributed by atoms with Crippen LogP contribution in [0.1, 0.15) is 18.0 Å². The molecule has 0 radical (unpaired) electrons. The van der Waals surface area contributed by atoms with Crippen molar-refractivity contribution in [1.29, 1.82) is 0 Å². The van der Waals surface area contributed by atoms with Crippen LogP contribution in [0.25, 0.3) is 0 Å². The van der Waals surface area contributed by atoms with E-state index < -0.39 is 22.6 Å². The average molecular weight is 167 g/mol. The number of hydrogen-bond donors (Lipinski definition) is 1. The van der Waals surface area contributed by atoms with E-state index in [0.29, 0.717) is 6.42 Å². The van der Waals surface area contributed by atoms with Gasteiger partial charge in [0, 0.05) is 6.42 Å². The van der Waals surface area contributed by atoms with Gasteiger partial charge in [-0.1, -0.05) is 6.08 Å². The summed E-state index contributed by atoms with van der Waals surface area (Å²) in [5, 5.41) is 10.8. The van der Waals surface area contributed by atoms with Crippen molar-refractivity contribution >= 4 is 0 Å². The van der Waals surface area contributed by atoms with Gasteiger partial charge < -0.3 is 10.8 Å². The zero-order valence-corrected chi connectivity index (χ0v) is 6.50. The molecule has 4 nitrogen and oxygen atoms in total. The molecule has 64 valence electrons. The van der Waals surface area contributed by atoms with Gasteiger partial charge in [0.25, 0.3) is 0 Å². The molecule has 1 atom stereocenters. The molecule has 4 heteroatoms. The zero-order valence-electron chi connectivity index (χ0n) is 6.50. The Morgan fingerprint density at radius 3 is 2.50 bits per heavy atom. The molecule has 12 heavy (non-hydrogen) atoms. The predicted octanol–water partition coefficient (Wildman–Crippen LogP) is -1.78. The van der Waals surface area contributed by atoms with Gasteiger partial charge in [0.05, 0.1) is 5.56 Å². The molecule has 0 aromatic heterocycles. The summed E-state index contributed by atoms with van der Waals surface area (Å²) in [4.78, 5) is 21.3. The molecule has 1 unspecified atom stereocenters. The Balaban J connectivity index is 2.98. The van der Waals surface area contributed by atoms with Crippen LogP contribution >= 0.6 is 0 Å². The molecule has 0 saturated carbocycles. The topological polar surface area (TPSA) is 84.8 Å². The van der Waals surface area contributed by atoms with E-state index in [2.05, 4.69) is 12.3 Å². The second-order valence-corrected chi connectivity index (χ2v) is 2.62. The average Bonchev–Trinajstić information content (AvgIpc) is 2.05. The van der Waals surface area contributed by atoms with E-state index in [-0.39, 0.29) is 5.56 Å². The summed E-state index contributed by atoms with van der Waals surface area (Å²) in [5.41, 5.74) is 2.02. The van der Waals surface area contributed by atoms with E-state index in [9.17, 15) is 14.7 Å². The molecule has 0 amide bonds. The Bertz CT molecular complexity index is 373. The second-order valence-electron chi connectivity index (χ2n) is 2.62. The minimum absolute atomic E-state index is 0.0277. The van der Waals surface area contributed by atoms with Crippen molar-refractivity contribution in [3.63, 3.8) is 0 Å². The van der Waals surface area contributed by atoms with Gasteiger partial charge in [-0.2, -0.15) is 0 Å². The van der Waals surface area contributed by atoms with Gasteiger partial charge in [0.1, 0.15) is 6.04 Å². The summed E-state index contributed by atoms with van der Waals surface area (Å²) in [6.07, 6.45) is 2.01. The van der Waals surface area contributed by atoms with Gasteiger partial charge in [0.15, 0.2) is 0 Å². The van der Waals surface area contributed by atoms with E-state index in [4.69, 9.17) is 0 Å². The number of rotatable bonds is 3. The van der Waals surface area contributed by atoms with Crippen molar-refractivity contribution in [3.8, 4) is 5.75 Å². The number of hydrogen-bond acceptors (Lipinski definition) is 3. The van der Waals surface area contributed by atoms with Crippen molar-refractivity contribution in [1.82, 2.24) is 0 Å². The summed E-state index contributed by atoms with van der Waals surface area (Å²) >= 11 is 0. The van der Waals surface area contributed by atoms with Gasteiger partial charge >= 0.3 is 0 Å². The molecule has 0 spiro atoms. The standard InChI is InChI=1S/C8H9NO3/c1-2-3-4(9)5-6(10)8(12)7(5)11/h2,4,10H,1,3,9H2. The maximum absolute atomic E-state index is 10.8. The van der Waals surface area contributed by atoms with Crippen LogP contribution in [0.2, 0.25) is 0 Å². The highest BCUT2D eigenvalue weighted by molar-refractivity contribution is 5.38. The quantitative estimate of drug-likeness (QED) is 0.426. The van der Waals surface area contributed by atoms with Gasteiger partial charge in [-0.15, -0.1) is 6.58 Å². The summed E-state index contributed by atoms with van der Waals surface area (Å²) in [7, 11) is 0. The van der Waals surface area contributed by atoms with Gasteiger partial charge in [-0.05, 0) is 5.75 Å². The summed E-state index contributed by atoms with van der Waals surface area (Å²) in [6.45, 7) is 3.45. The zero-order chi connectivity index (χ0) is 9.30. The first-order chi connectivity index (χ1) is 5.59. The van der Waals surface area contributed by atoms with Gasteiger partial charge in [0.2, 0.25) is 10.9 Å². The van der Waals surface area contributed by atoms with Crippen LogP contribution in [0.5, 0.6) is 5.75 Å². The summed E-state index contributed by atoms with van der Waals surface area (Å²) in [5.74, 6) is -0.679. The van der Waals surface area contributed by atoms with Crippen LogP contribution in [0.15, 0.2) is 22.2 Å². The summed E-state index contributed by atoms with van der Waals surface area (Å²) < 4.78 is 0. The number of quaternary nitrogens is 1. The third-order valence-electron chi connectivity index (χ3n) is 1.76. The molecule has 0 saturated heterocycles. The van der Waals surface area contributed by atoms with Crippen molar-refractivity contribution in [2.45, 2.75) is 12.5 Å². The predicted molar refractivity (Wildman–Crippen MR) is 41.2 cm³/mol. The summed E-state index contributed by atoms with van der Waals surface area (Å²) in [6, 6.07) is -0.416. The molecule has 0 aliphatic heterocycles. The first-order valence-electron chi connectivity index (χ1n) is 3.53. The lowest BCUT2D eigenvalue weighted by Crippen LogP contribution is -2.58. The second kappa shape index (κ2) is 2.91. The molecule has 3 N–H and O–H groups in total. The highest BCUT2D eigenvalue weighted by Crippen LogP contribution is 2.14. The molecular weight excluding hydrogens is 158 g/mol. The van der Waals surface area contributed by atoms with Crippen molar-refractivity contribution in [2.24, 2.45) is 0 Å². The van der Waals surface area contributed by atoms with Crippen molar-refractivity contribution in [2.75, 3.05) is 0 Å². The maximum Gasteiger partial charge on any atom is 0.233 e. The molecular formula is C8H9NO3. The van der Waals surface area contributed by atoms with E-state index in [1.54, 1.807) is 6.08 Å². The Morgan fingerprint density at radius 1 is 1.50 bits per heavy atom. The smallest absolute Gasteiger partial charge is 0.233 e. The van der Waals surface area contributed by atoms with E-state index in [1.807, 2.05) is 0 Å². The van der Waals surface area contributed by atoms with Crippen LogP contribution in [-0.2, 0) is 0 Å². The van der Waals surface area contributed by atoms with Gasteiger partial charge in [-0.25, -0.2) is 0 Å². The molecule has 0 heterocycles. The first-order valence-corrected chi connectivity index (χ1v) is 3.53. The van der Waals surface area contributed by atoms with Gasteiger partial charge in [-0.3, -0.25) is 9.59 Å². The monoisotopic (exact) mass is 167 g/mol. The highest BCUT2D eigenvalue weighted by Gasteiger charge is 2.20. The molecule has 0 aliphatic carbocycles. The third kappa shape index (κ3) is 1.06. The molecule has 0 bridgehead atoms. The van der Waals surface area contributed by atoms with Crippen LogP contribution in [0, 0.1) is 0 Å². The Labute approximate surface area is 68.6 Å². The lowest BCUT2D eigenvalue weighted by molar-refractivity contribution is -0.428. The molecule has 1 rings (SSSR count). The third-order valence-corrected chi connectivity index (χ3v) is 1.76. The first kappa shape index (κ1) is 8.67. The normalized spacial score (nSPS) is 13.1. The SMILES string of the molecule is C=CCC([NH3+])c1c([O-])c(=O)c1=O. The Hall–Kier alpha value is -1.42. The van der Waals surface area contributed by atoms with Crippen molar-refractivity contribution < 1.29 is 10.8 Å². The van der Waals surface area contributed by atoms with Crippen molar-refractivity contribution in [3.05, 3.63) is 38.7 Å². The fraction of sp³-hybridized carbons (Fsp3) is 0.250. The van der Waals surface area contributed by atoms with E-state index in [0.717, 1.165) is 0 Å². The van der Waals surface area contributed by atoms with Crippen LogP contribution in [0.3, 0.4) is 0 Å². The minimum Gasteiger partial charge on any atom is -0.869 e. The fourth-order valence-electron chi connectivity index (χ4n) is 1.08. The van der Waals surface area contributed by atoms with E-state index >= 15 is 0 Å². The lowest BCUT2D eigenvalue weighted by atomic mass is 9.99. The van der Waals surface area contributed by atoms with Crippen LogP contribution < -0.4 is 21.7 Å². The molecule has 0 aliphatic rings. The minimum atomic E-state index is -0.914. The Kier molecular flexibility index (Phi) is 2.10.